The van der Waals surface area contributed by atoms with Crippen LogP contribution in [-0.2, 0) is 12.4 Å². The number of para-hydroxylation sites is 2. The molecule has 0 saturated carbocycles. The van der Waals surface area contributed by atoms with Crippen LogP contribution in [0.3, 0.4) is 0 Å². The maximum Gasteiger partial charge on any atom is 0.417 e. The minimum absolute atomic E-state index is 0.0247. The van der Waals surface area contributed by atoms with E-state index in [1.165, 1.54) is 6.07 Å². The van der Waals surface area contributed by atoms with Crippen molar-refractivity contribution in [3.8, 4) is 62.0 Å². The van der Waals surface area contributed by atoms with Crippen LogP contribution in [0.1, 0.15) is 38.9 Å². The van der Waals surface area contributed by atoms with E-state index in [4.69, 9.17) is 0 Å². The van der Waals surface area contributed by atoms with Gasteiger partial charge < -0.3 is 9.13 Å². The lowest BCUT2D eigenvalue weighted by Gasteiger charge is -2.22. The molecule has 0 fully saturated rings. The van der Waals surface area contributed by atoms with E-state index in [-0.39, 0.29) is 17.2 Å². The largest absolute Gasteiger partial charge is 0.417 e. The van der Waals surface area contributed by atoms with Crippen molar-refractivity contribution < 1.29 is 26.3 Å². The highest BCUT2D eigenvalue weighted by Crippen LogP contribution is 2.47. The van der Waals surface area contributed by atoms with Crippen molar-refractivity contribution in [2.45, 2.75) is 40.0 Å². The van der Waals surface area contributed by atoms with Gasteiger partial charge >= 0.3 is 12.4 Å². The van der Waals surface area contributed by atoms with E-state index in [2.05, 4.69) is 110 Å². The molecule has 11 aromatic rings. The molecule has 0 unspecified atom stereocenters. The van der Waals surface area contributed by atoms with Crippen molar-refractivity contribution in [1.29, 1.82) is 5.26 Å². The van der Waals surface area contributed by atoms with Gasteiger partial charge in [0.2, 0.25) is 0 Å². The topological polar surface area (TPSA) is 33.6 Å². The number of alkyl halides is 6. The number of halogens is 6. The number of hydrogen-bond acceptors (Lipinski definition) is 1. The molecule has 0 aliphatic heterocycles. The molecule has 9 heteroatoms. The van der Waals surface area contributed by atoms with Crippen molar-refractivity contribution in [2.24, 2.45) is 0 Å². The summed E-state index contributed by atoms with van der Waals surface area (Å²) >= 11 is 0. The molecular formula is C61H41F6N3. The lowest BCUT2D eigenvalue weighted by atomic mass is 9.90. The number of rotatable bonds is 6. The van der Waals surface area contributed by atoms with Crippen LogP contribution < -0.4 is 0 Å². The van der Waals surface area contributed by atoms with Gasteiger partial charge in [-0.3, -0.25) is 0 Å². The molecule has 11 rings (SSSR count). The summed E-state index contributed by atoms with van der Waals surface area (Å²) < 4.78 is 91.2. The van der Waals surface area contributed by atoms with Crippen molar-refractivity contribution in [1.82, 2.24) is 9.13 Å². The molecule has 0 aliphatic carbocycles. The van der Waals surface area contributed by atoms with Gasteiger partial charge in [0.1, 0.15) is 0 Å². The first-order valence-corrected chi connectivity index (χ1v) is 22.8. The van der Waals surface area contributed by atoms with Crippen LogP contribution in [0.4, 0.5) is 26.3 Å². The van der Waals surface area contributed by atoms with E-state index < -0.39 is 29.0 Å². The molecule has 70 heavy (non-hydrogen) atoms. The van der Waals surface area contributed by atoms with E-state index in [1.807, 2.05) is 60.7 Å². The first kappa shape index (κ1) is 44.2. The van der Waals surface area contributed by atoms with Crippen LogP contribution in [0.2, 0.25) is 0 Å². The van der Waals surface area contributed by atoms with E-state index in [1.54, 1.807) is 24.3 Å². The lowest BCUT2D eigenvalue weighted by molar-refractivity contribution is -0.142. The summed E-state index contributed by atoms with van der Waals surface area (Å²) in [4.78, 5) is 0. The highest BCUT2D eigenvalue weighted by atomic mass is 19.4. The molecule has 342 valence electrons. The summed E-state index contributed by atoms with van der Waals surface area (Å²) in [5, 5.41) is 14.9. The molecule has 2 heterocycles. The molecule has 0 amide bonds. The quantitative estimate of drug-likeness (QED) is 0.153. The monoisotopic (exact) mass is 929 g/mol. The molecule has 0 aliphatic rings. The Kier molecular flexibility index (Phi) is 10.4. The Balaban J connectivity index is 1.23. The van der Waals surface area contributed by atoms with Crippen LogP contribution in [0.15, 0.2) is 176 Å². The van der Waals surface area contributed by atoms with Gasteiger partial charge in [0.15, 0.2) is 0 Å². The normalized spacial score (nSPS) is 12.1. The number of hydrogen-bond donors (Lipinski definition) is 0. The van der Waals surface area contributed by atoms with Crippen LogP contribution in [0.5, 0.6) is 0 Å². The molecule has 0 atom stereocenters. The Morgan fingerprint density at radius 2 is 0.886 bits per heavy atom. The highest BCUT2D eigenvalue weighted by molar-refractivity contribution is 6.13. The van der Waals surface area contributed by atoms with Gasteiger partial charge in [0.05, 0.1) is 56.2 Å². The third kappa shape index (κ3) is 7.48. The van der Waals surface area contributed by atoms with Crippen LogP contribution in [0, 0.1) is 39.0 Å². The molecule has 3 nitrogen and oxygen atoms in total. The zero-order valence-corrected chi connectivity index (χ0v) is 38.4. The number of fused-ring (bicyclic) bond motifs is 6. The molecule has 9 aromatic carbocycles. The zero-order valence-electron chi connectivity index (χ0n) is 38.4. The third-order valence-electron chi connectivity index (χ3n) is 13.3. The van der Waals surface area contributed by atoms with Crippen molar-refractivity contribution in [3.05, 3.63) is 215 Å². The van der Waals surface area contributed by atoms with Gasteiger partial charge in [0, 0.05) is 32.7 Å². The average Bonchev–Trinajstić information content (AvgIpc) is 3.84. The average molecular weight is 930 g/mol. The predicted octanol–water partition coefficient (Wildman–Crippen LogP) is 17.7. The molecular weight excluding hydrogens is 889 g/mol. The van der Waals surface area contributed by atoms with Crippen LogP contribution in [-0.4, -0.2) is 9.13 Å². The smallest absolute Gasteiger partial charge is 0.309 e. The molecule has 0 spiro atoms. The summed E-state index contributed by atoms with van der Waals surface area (Å²) in [7, 11) is 0. The fourth-order valence-electron chi connectivity index (χ4n) is 10.5. The van der Waals surface area contributed by atoms with Gasteiger partial charge in [-0.25, -0.2) is 0 Å². The van der Waals surface area contributed by atoms with Gasteiger partial charge in [-0.1, -0.05) is 125 Å². The molecule has 0 bridgehead atoms. The molecule has 0 N–H and O–H groups in total. The standard InChI is InChI=1S/C61H41F6N3/c1-35-24-36(2)27-43(26-35)39-16-21-55-49(30-39)47-11-5-7-13-53(47)69(55)57-23-18-41(46-20-19-45(60(62,63)64)33-52(46)61(65,66)67)32-51(57)59-42(34-68)10-9-15-58(59)70-54-14-8-6-12-48(54)50-31-40(17-22-56(50)70)44-28-37(3)25-38(4)29-44/h5-33H,1-4H3. The second kappa shape index (κ2) is 16.4. The summed E-state index contributed by atoms with van der Waals surface area (Å²) in [6, 6.07) is 55.5. The molecule has 0 saturated heterocycles. The van der Waals surface area contributed by atoms with E-state index >= 15 is 13.2 Å². The first-order chi connectivity index (χ1) is 33.5. The van der Waals surface area contributed by atoms with Gasteiger partial charge in [-0.05, 0) is 134 Å². The lowest BCUT2D eigenvalue weighted by Crippen LogP contribution is -2.12. The van der Waals surface area contributed by atoms with E-state index in [9.17, 15) is 18.4 Å². The van der Waals surface area contributed by atoms with Crippen molar-refractivity contribution in [2.75, 3.05) is 0 Å². The Morgan fingerprint density at radius 1 is 0.386 bits per heavy atom. The van der Waals surface area contributed by atoms with Crippen LogP contribution in [0.25, 0.3) is 99.5 Å². The second-order valence-electron chi connectivity index (χ2n) is 18.2. The summed E-state index contributed by atoms with van der Waals surface area (Å²) in [6.45, 7) is 8.26. The van der Waals surface area contributed by atoms with Gasteiger partial charge in [-0.2, -0.15) is 31.6 Å². The summed E-state index contributed by atoms with van der Waals surface area (Å²) in [5.74, 6) is 0. The highest BCUT2D eigenvalue weighted by Gasteiger charge is 2.39. The number of nitriles is 1. The Hall–Kier alpha value is -8.35. The number of aromatic nitrogens is 2. The maximum atomic E-state index is 15.0. The number of aryl methyl sites for hydroxylation is 4. The minimum atomic E-state index is -5.13. The Bertz CT molecular complexity index is 3950. The van der Waals surface area contributed by atoms with Gasteiger partial charge in [0.25, 0.3) is 0 Å². The van der Waals surface area contributed by atoms with Crippen molar-refractivity contribution >= 4 is 43.6 Å². The fourth-order valence-corrected chi connectivity index (χ4v) is 10.5. The van der Waals surface area contributed by atoms with Crippen molar-refractivity contribution in [3.63, 3.8) is 0 Å². The molecule has 2 aromatic heterocycles. The predicted molar refractivity (Wildman–Crippen MR) is 271 cm³/mol. The third-order valence-corrected chi connectivity index (χ3v) is 13.3. The maximum absolute atomic E-state index is 15.0. The Morgan fingerprint density at radius 3 is 1.40 bits per heavy atom. The van der Waals surface area contributed by atoms with E-state index in [0.29, 0.717) is 28.6 Å². The SMILES string of the molecule is Cc1cc(C)cc(-c2ccc3c(c2)c2ccccc2n3-c2ccc(-c3ccc(C(F)(F)F)cc3C(F)(F)F)cc2-c2c(C#N)cccc2-n2c3ccccc3c3cc(-c4cc(C)cc(C)c4)ccc32)c1. The van der Waals surface area contributed by atoms with Gasteiger partial charge in [-0.15, -0.1) is 0 Å². The van der Waals surface area contributed by atoms with Crippen LogP contribution >= 0.6 is 0 Å². The zero-order chi connectivity index (χ0) is 48.8. The molecule has 0 radical (unpaired) electrons. The fraction of sp³-hybridized carbons (Fsp3) is 0.0984. The number of nitrogens with zero attached hydrogens (tertiary/aromatic N) is 3. The summed E-state index contributed by atoms with van der Waals surface area (Å²) in [6.07, 6.45) is -10.1. The summed E-state index contributed by atoms with van der Waals surface area (Å²) in [5.41, 5.74) is 10.9. The first-order valence-electron chi connectivity index (χ1n) is 22.8. The second-order valence-corrected chi connectivity index (χ2v) is 18.2. The van der Waals surface area contributed by atoms with E-state index in [0.717, 1.165) is 94.2 Å². The minimum Gasteiger partial charge on any atom is -0.309 e. The Labute approximate surface area is 399 Å². The number of benzene rings is 9.